The first-order chi connectivity index (χ1) is 24.9. The Kier molecular flexibility index (Phi) is 11.0. The molecule has 2 aromatic carbocycles. The Bertz CT molecular complexity index is 2730. The van der Waals surface area contributed by atoms with Crippen LogP contribution in [-0.4, -0.2) is 110 Å². The lowest BCUT2D eigenvalue weighted by atomic mass is 10.1. The van der Waals surface area contributed by atoms with E-state index in [9.17, 15) is 36.0 Å². The van der Waals surface area contributed by atoms with Crippen molar-refractivity contribution in [3.8, 4) is 0 Å². The topological polar surface area (TPSA) is 221 Å². The van der Waals surface area contributed by atoms with E-state index in [4.69, 9.17) is 0 Å². The maximum Gasteiger partial charge on any atom is 0.272 e. The Morgan fingerprint density at radius 1 is 0.679 bits per heavy atom. The molecule has 53 heavy (non-hydrogen) atoms. The largest absolute Gasteiger partial charge is 0.356 e. The van der Waals surface area contributed by atoms with Gasteiger partial charge >= 0.3 is 0 Å². The van der Waals surface area contributed by atoms with Crippen molar-refractivity contribution < 1.29 is 26.4 Å². The van der Waals surface area contributed by atoms with Crippen molar-refractivity contribution in [1.29, 1.82) is 0 Å². The first kappa shape index (κ1) is 38.9. The smallest absolute Gasteiger partial charge is 0.272 e. The van der Waals surface area contributed by atoms with Crippen molar-refractivity contribution in [1.82, 2.24) is 38.8 Å². The van der Waals surface area contributed by atoms with Gasteiger partial charge in [0.25, 0.3) is 22.9 Å². The third kappa shape index (κ3) is 7.22. The van der Waals surface area contributed by atoms with E-state index in [0.717, 1.165) is 21.5 Å². The quantitative estimate of drug-likeness (QED) is 0.139. The highest BCUT2D eigenvalue weighted by Gasteiger charge is 2.24. The predicted octanol–water partition coefficient (Wildman–Crippen LogP) is 3.14. The molecule has 5 N–H and O–H groups in total. The summed E-state index contributed by atoms with van der Waals surface area (Å²) in [6.45, 7) is 4.99. The van der Waals surface area contributed by atoms with E-state index in [1.54, 1.807) is 18.0 Å². The van der Waals surface area contributed by atoms with Crippen LogP contribution in [0, 0.1) is 0 Å². The Morgan fingerprint density at radius 2 is 1.13 bits per heavy atom. The first-order valence-corrected chi connectivity index (χ1v) is 19.6. The predicted molar refractivity (Wildman–Crippen MR) is 204 cm³/mol. The normalized spacial score (nSPS) is 12.2. The Hall–Kier alpha value is -5.30. The minimum absolute atomic E-state index is 0.0875. The van der Waals surface area contributed by atoms with E-state index in [0.29, 0.717) is 56.8 Å². The summed E-state index contributed by atoms with van der Waals surface area (Å²) in [4.78, 5) is 62.8. The molecular weight excluding hydrogens is 725 g/mol. The van der Waals surface area contributed by atoms with Gasteiger partial charge in [-0.25, -0.2) is 25.4 Å². The lowest BCUT2D eigenvalue weighted by molar-refractivity contribution is 0.0796. The fraction of sp³-hybridized carbons (Fsp3) is 0.314. The van der Waals surface area contributed by atoms with E-state index in [-0.39, 0.29) is 43.8 Å². The molecule has 0 radical (unpaired) electrons. The van der Waals surface area contributed by atoms with Gasteiger partial charge in [0, 0.05) is 93.3 Å². The highest BCUT2D eigenvalue weighted by Crippen LogP contribution is 2.29. The summed E-state index contributed by atoms with van der Waals surface area (Å²) in [5, 5.41) is 4.61. The maximum absolute atomic E-state index is 12.8. The highest BCUT2D eigenvalue weighted by molar-refractivity contribution is 7.89. The van der Waals surface area contributed by atoms with Gasteiger partial charge in [0.1, 0.15) is 11.0 Å². The molecule has 0 atom stereocenters. The molecule has 16 nitrogen and oxygen atoms in total. The van der Waals surface area contributed by atoms with Crippen LogP contribution >= 0.6 is 0 Å². The van der Waals surface area contributed by atoms with Gasteiger partial charge in [0.05, 0.1) is 20.9 Å². The van der Waals surface area contributed by atoms with E-state index >= 15 is 0 Å². The molecule has 4 heterocycles. The van der Waals surface area contributed by atoms with Crippen molar-refractivity contribution in [3.05, 3.63) is 80.6 Å². The molecular formula is C35H42N8O8S2. The van der Waals surface area contributed by atoms with Crippen molar-refractivity contribution in [2.24, 2.45) is 0 Å². The summed E-state index contributed by atoms with van der Waals surface area (Å²) in [5.41, 5.74) is 1.33. The van der Waals surface area contributed by atoms with Gasteiger partial charge in [0.15, 0.2) is 0 Å². The SMILES string of the molecule is CCCN(C)C(=O)c1c[nH]c2c(=O)[nH]c3ccc(S(=O)(=O)N(C)C)cc3c12.CCCNC(=O)c1c[nH]c2c(=O)[nH]c3ccc(S(=O)(=O)N(C)C)cc3c12. The van der Waals surface area contributed by atoms with Crippen molar-refractivity contribution in [3.63, 3.8) is 0 Å². The number of rotatable bonds is 10. The van der Waals surface area contributed by atoms with Crippen LogP contribution in [0.2, 0.25) is 0 Å². The van der Waals surface area contributed by atoms with Crippen LogP contribution in [0.5, 0.6) is 0 Å². The minimum Gasteiger partial charge on any atom is -0.356 e. The summed E-state index contributed by atoms with van der Waals surface area (Å²) in [5.74, 6) is -0.540. The molecule has 282 valence electrons. The van der Waals surface area contributed by atoms with Crippen molar-refractivity contribution >= 4 is 75.5 Å². The summed E-state index contributed by atoms with van der Waals surface area (Å²) in [6, 6.07) is 8.93. The number of H-pyrrole nitrogens is 4. The molecule has 6 aromatic rings. The van der Waals surface area contributed by atoms with Gasteiger partial charge in [-0.2, -0.15) is 0 Å². The monoisotopic (exact) mass is 766 g/mol. The number of carbonyl (C=O) groups excluding carboxylic acids is 2. The molecule has 0 aliphatic heterocycles. The van der Waals surface area contributed by atoms with E-state index in [1.165, 1.54) is 70.9 Å². The zero-order chi connectivity index (χ0) is 39.0. The molecule has 0 spiro atoms. The molecule has 0 bridgehead atoms. The van der Waals surface area contributed by atoms with Crippen LogP contribution in [0.15, 0.2) is 68.2 Å². The fourth-order valence-corrected chi connectivity index (χ4v) is 7.74. The third-order valence-corrected chi connectivity index (χ3v) is 12.3. The van der Waals surface area contributed by atoms with E-state index < -0.39 is 20.0 Å². The number of carbonyl (C=O) groups is 2. The number of fused-ring (bicyclic) bond motifs is 6. The number of aromatic nitrogens is 4. The number of hydrogen-bond donors (Lipinski definition) is 5. The summed E-state index contributed by atoms with van der Waals surface area (Å²) in [7, 11) is 0.192. The summed E-state index contributed by atoms with van der Waals surface area (Å²) >= 11 is 0. The molecule has 0 saturated heterocycles. The molecule has 0 fully saturated rings. The Morgan fingerprint density at radius 3 is 1.57 bits per heavy atom. The fourth-order valence-electron chi connectivity index (χ4n) is 5.88. The Balaban J connectivity index is 0.000000204. The van der Waals surface area contributed by atoms with Gasteiger partial charge in [-0.15, -0.1) is 0 Å². The van der Waals surface area contributed by atoms with Crippen molar-refractivity contribution in [2.75, 3.05) is 48.3 Å². The summed E-state index contributed by atoms with van der Waals surface area (Å²) < 4.78 is 52.1. The molecule has 0 unspecified atom stereocenters. The average Bonchev–Trinajstić information content (AvgIpc) is 3.77. The van der Waals surface area contributed by atoms with E-state index in [2.05, 4.69) is 25.3 Å². The maximum atomic E-state index is 12.8. The number of nitrogens with zero attached hydrogens (tertiary/aromatic N) is 3. The summed E-state index contributed by atoms with van der Waals surface area (Å²) in [6.07, 6.45) is 4.55. The molecule has 4 aromatic heterocycles. The van der Waals surface area contributed by atoms with E-state index in [1.807, 2.05) is 13.8 Å². The number of amides is 2. The van der Waals surface area contributed by atoms with Gasteiger partial charge in [-0.05, 0) is 49.2 Å². The molecule has 0 saturated carbocycles. The van der Waals surface area contributed by atoms with Gasteiger partial charge in [-0.1, -0.05) is 13.8 Å². The second-order valence-corrected chi connectivity index (χ2v) is 17.1. The van der Waals surface area contributed by atoms with Crippen LogP contribution in [0.3, 0.4) is 0 Å². The minimum atomic E-state index is -3.65. The Labute approximate surface area is 305 Å². The number of benzene rings is 2. The van der Waals surface area contributed by atoms with Crippen LogP contribution in [0.1, 0.15) is 47.4 Å². The van der Waals surface area contributed by atoms with Crippen LogP contribution in [-0.2, 0) is 20.0 Å². The highest BCUT2D eigenvalue weighted by atomic mass is 32.2. The second-order valence-electron chi connectivity index (χ2n) is 12.8. The van der Waals surface area contributed by atoms with Gasteiger partial charge in [-0.3, -0.25) is 19.2 Å². The number of nitrogens with one attached hydrogen (secondary N) is 5. The number of aromatic amines is 4. The third-order valence-electron chi connectivity index (χ3n) is 8.71. The van der Waals surface area contributed by atoms with Crippen LogP contribution in [0.4, 0.5) is 0 Å². The van der Waals surface area contributed by atoms with Crippen molar-refractivity contribution in [2.45, 2.75) is 36.5 Å². The molecule has 18 heteroatoms. The average molecular weight is 767 g/mol. The van der Waals surface area contributed by atoms with Gasteiger partial charge < -0.3 is 30.2 Å². The van der Waals surface area contributed by atoms with Crippen LogP contribution < -0.4 is 16.4 Å². The number of pyridine rings is 2. The second kappa shape index (κ2) is 15.0. The van der Waals surface area contributed by atoms with Crippen LogP contribution in [0.25, 0.3) is 43.6 Å². The zero-order valence-corrected chi connectivity index (χ0v) is 32.0. The molecule has 0 aliphatic rings. The number of hydrogen-bond acceptors (Lipinski definition) is 8. The first-order valence-electron chi connectivity index (χ1n) is 16.7. The molecule has 2 amide bonds. The molecule has 6 rings (SSSR count). The zero-order valence-electron chi connectivity index (χ0n) is 30.4. The lowest BCUT2D eigenvalue weighted by Crippen LogP contribution is -2.27. The lowest BCUT2D eigenvalue weighted by Gasteiger charge is -2.16. The molecule has 0 aliphatic carbocycles. The number of sulfonamides is 2. The standard InChI is InChI=1S/C18H22N4O4S.C17H20N4O4S/c1-5-8-22(4)18(24)13-10-19-16-15(13)12-9-11(27(25,26)21(2)3)6-7-14(12)20-17(16)23;1-4-7-18-16(22)12-9-19-15-14(12)11-8-10(26(24,25)21(2)3)5-6-13(11)20-17(15)23/h6-7,9-10,19H,5,8H2,1-4H3,(H,20,23);5-6,8-9,19H,4,7H2,1-3H3,(H,18,22)(H,20,23). The van der Waals surface area contributed by atoms with Gasteiger partial charge in [0.2, 0.25) is 20.0 Å².